The number of nitrogens with zero attached hydrogens (tertiary/aromatic N) is 5. The van der Waals surface area contributed by atoms with Crippen molar-refractivity contribution in [3.63, 3.8) is 0 Å². The molecule has 0 bridgehead atoms. The van der Waals surface area contributed by atoms with E-state index in [4.69, 9.17) is 5.73 Å². The molecule has 7 nitrogen and oxygen atoms in total. The molecule has 4 aromatic heterocycles. The van der Waals surface area contributed by atoms with Crippen LogP contribution in [-0.4, -0.2) is 30.5 Å². The molecule has 4 rings (SSSR count). The Hall–Kier alpha value is -3.50. The van der Waals surface area contributed by atoms with Gasteiger partial charge in [-0.2, -0.15) is 5.10 Å². The van der Waals surface area contributed by atoms with Crippen molar-refractivity contribution in [2.24, 2.45) is 5.73 Å². The normalized spacial score (nSPS) is 10.3. The lowest BCUT2D eigenvalue weighted by atomic mass is 10.2. The number of hydrogen-bond acceptors (Lipinski definition) is 5. The third-order valence-electron chi connectivity index (χ3n) is 4.02. The van der Waals surface area contributed by atoms with Gasteiger partial charge in [-0.15, -0.1) is 0 Å². The lowest BCUT2D eigenvalue weighted by Crippen LogP contribution is -2.14. The largest absolute Gasteiger partial charge is 0.320 e. The molecule has 0 aliphatic heterocycles. The van der Waals surface area contributed by atoms with Crippen molar-refractivity contribution in [1.29, 1.82) is 0 Å². The molecule has 7 heteroatoms. The zero-order chi connectivity index (χ0) is 20.3. The van der Waals surface area contributed by atoms with Crippen LogP contribution in [0.4, 0.5) is 0 Å². The van der Waals surface area contributed by atoms with Gasteiger partial charge in [-0.3, -0.25) is 14.2 Å². The summed E-state index contributed by atoms with van der Waals surface area (Å²) in [5.41, 5.74) is 10.2. The van der Waals surface area contributed by atoms with Gasteiger partial charge in [-0.25, -0.2) is 9.50 Å². The summed E-state index contributed by atoms with van der Waals surface area (Å²) >= 11 is 0. The third-order valence-corrected chi connectivity index (χ3v) is 4.02. The van der Waals surface area contributed by atoms with Gasteiger partial charge < -0.3 is 5.73 Å². The molecule has 4 heterocycles. The fourth-order valence-corrected chi connectivity index (χ4v) is 2.88. The first-order valence-electron chi connectivity index (χ1n) is 9.11. The minimum atomic E-state index is -0.190. The van der Waals surface area contributed by atoms with E-state index in [-0.39, 0.29) is 12.1 Å². The number of fused-ring (bicyclic) bond motifs is 2. The average molecular weight is 374 g/mol. The molecule has 0 aliphatic rings. The molecule has 0 radical (unpaired) electrons. The molecule has 0 spiro atoms. The van der Waals surface area contributed by atoms with Crippen LogP contribution >= 0.6 is 0 Å². The molecule has 28 heavy (non-hydrogen) atoms. The Morgan fingerprint density at radius 2 is 1.86 bits per heavy atom. The maximum absolute atomic E-state index is 12.5. The Bertz CT molecular complexity index is 1270. The lowest BCUT2D eigenvalue weighted by Gasteiger charge is -2.02. The summed E-state index contributed by atoms with van der Waals surface area (Å²) in [7, 11) is 0. The number of pyridine rings is 1. The first kappa shape index (κ1) is 19.3. The van der Waals surface area contributed by atoms with Crippen LogP contribution in [0.2, 0.25) is 0 Å². The summed E-state index contributed by atoms with van der Waals surface area (Å²) in [5.74, 6) is 5.69. The van der Waals surface area contributed by atoms with Crippen molar-refractivity contribution in [3.8, 4) is 23.2 Å². The Balaban J connectivity index is 0.00000109. The molecular weight excluding hydrogens is 352 g/mol. The van der Waals surface area contributed by atoms with Gasteiger partial charge in [0, 0.05) is 17.8 Å². The zero-order valence-electron chi connectivity index (χ0n) is 16.4. The second-order valence-electron chi connectivity index (χ2n) is 5.96. The number of nitrogens with two attached hydrogens (primary N) is 1. The standard InChI is InChI=1S/C19H16N6O.C2H6/c1-12-10-25-17(13(2)21-12)8-16(23-25)15-9-19(26)24-11-14(4-3-7-20)5-6-18(24)22-15;1-2/h5-6,8-11H,7,20H2,1-2H3;1-2H3. The van der Waals surface area contributed by atoms with Crippen LogP contribution in [0, 0.1) is 25.7 Å². The molecule has 2 N–H and O–H groups in total. The summed E-state index contributed by atoms with van der Waals surface area (Å²) < 4.78 is 3.23. The predicted molar refractivity (Wildman–Crippen MR) is 110 cm³/mol. The van der Waals surface area contributed by atoms with Crippen LogP contribution in [-0.2, 0) is 0 Å². The van der Waals surface area contributed by atoms with Gasteiger partial charge in [-0.05, 0) is 32.0 Å². The minimum Gasteiger partial charge on any atom is -0.320 e. The molecule has 4 aromatic rings. The van der Waals surface area contributed by atoms with Gasteiger partial charge in [0.25, 0.3) is 5.56 Å². The summed E-state index contributed by atoms with van der Waals surface area (Å²) in [6, 6.07) is 6.94. The Morgan fingerprint density at radius 3 is 2.61 bits per heavy atom. The fourth-order valence-electron chi connectivity index (χ4n) is 2.88. The highest BCUT2D eigenvalue weighted by Gasteiger charge is 2.11. The predicted octanol–water partition coefficient (Wildman–Crippen LogP) is 2.36. The van der Waals surface area contributed by atoms with Crippen molar-refractivity contribution >= 4 is 11.2 Å². The molecule has 0 aliphatic carbocycles. The van der Waals surface area contributed by atoms with Crippen LogP contribution in [0.15, 0.2) is 41.5 Å². The van der Waals surface area contributed by atoms with Crippen molar-refractivity contribution in [3.05, 3.63) is 64.0 Å². The van der Waals surface area contributed by atoms with E-state index in [0.717, 1.165) is 16.9 Å². The monoisotopic (exact) mass is 374 g/mol. The van der Waals surface area contributed by atoms with Crippen LogP contribution in [0.5, 0.6) is 0 Å². The van der Waals surface area contributed by atoms with E-state index in [1.165, 1.54) is 10.5 Å². The Morgan fingerprint density at radius 1 is 1.07 bits per heavy atom. The third kappa shape index (κ3) is 3.63. The Kier molecular flexibility index (Phi) is 5.52. The van der Waals surface area contributed by atoms with Gasteiger partial charge >= 0.3 is 0 Å². The first-order valence-corrected chi connectivity index (χ1v) is 9.11. The number of rotatable bonds is 1. The zero-order valence-corrected chi connectivity index (χ0v) is 16.4. The first-order chi connectivity index (χ1) is 13.5. The van der Waals surface area contributed by atoms with Crippen LogP contribution in [0.3, 0.4) is 0 Å². The molecule has 0 fully saturated rings. The van der Waals surface area contributed by atoms with E-state index >= 15 is 0 Å². The van der Waals surface area contributed by atoms with Gasteiger partial charge in [0.1, 0.15) is 11.3 Å². The van der Waals surface area contributed by atoms with Gasteiger partial charge in [0.2, 0.25) is 0 Å². The van der Waals surface area contributed by atoms with Crippen LogP contribution < -0.4 is 11.3 Å². The molecule has 0 saturated heterocycles. The molecule has 0 saturated carbocycles. The van der Waals surface area contributed by atoms with Gasteiger partial charge in [-0.1, -0.05) is 25.7 Å². The highest BCUT2D eigenvalue weighted by Crippen LogP contribution is 2.19. The summed E-state index contributed by atoms with van der Waals surface area (Å²) in [5, 5.41) is 4.54. The van der Waals surface area contributed by atoms with Gasteiger partial charge in [0.05, 0.1) is 35.3 Å². The maximum Gasteiger partial charge on any atom is 0.258 e. The quantitative estimate of drug-likeness (QED) is 0.517. The summed E-state index contributed by atoms with van der Waals surface area (Å²) in [6.45, 7) is 8.12. The highest BCUT2D eigenvalue weighted by atomic mass is 16.1. The Labute approximate surface area is 162 Å². The molecule has 0 unspecified atom stereocenters. The SMILES string of the molecule is CC.Cc1cn2nc(-c3cc(=O)n4cc(C#CCN)ccc4n3)cc2c(C)n1. The molecule has 0 atom stereocenters. The van der Waals surface area contributed by atoms with Gasteiger partial charge in [0.15, 0.2) is 0 Å². The van der Waals surface area contributed by atoms with E-state index in [0.29, 0.717) is 22.6 Å². The molecule has 0 aromatic carbocycles. The van der Waals surface area contributed by atoms with Crippen molar-refractivity contribution in [2.45, 2.75) is 27.7 Å². The van der Waals surface area contributed by atoms with E-state index in [1.807, 2.05) is 46.0 Å². The molecule has 0 amide bonds. The fraction of sp³-hybridized carbons (Fsp3) is 0.238. The lowest BCUT2D eigenvalue weighted by molar-refractivity contribution is 0.914. The van der Waals surface area contributed by atoms with Crippen LogP contribution in [0.1, 0.15) is 30.8 Å². The number of aromatic nitrogens is 5. The average Bonchev–Trinajstić information content (AvgIpc) is 3.12. The second-order valence-corrected chi connectivity index (χ2v) is 5.96. The molecule has 142 valence electrons. The highest BCUT2D eigenvalue weighted by molar-refractivity contribution is 5.66. The smallest absolute Gasteiger partial charge is 0.258 e. The van der Waals surface area contributed by atoms with E-state index in [9.17, 15) is 4.79 Å². The number of aryl methyl sites for hydroxylation is 2. The van der Waals surface area contributed by atoms with E-state index in [1.54, 1.807) is 16.8 Å². The summed E-state index contributed by atoms with van der Waals surface area (Å²) in [6.07, 6.45) is 3.51. The van der Waals surface area contributed by atoms with Crippen molar-refractivity contribution < 1.29 is 0 Å². The van der Waals surface area contributed by atoms with Crippen molar-refractivity contribution in [1.82, 2.24) is 24.0 Å². The van der Waals surface area contributed by atoms with Crippen LogP contribution in [0.25, 0.3) is 22.6 Å². The van der Waals surface area contributed by atoms with E-state index < -0.39 is 0 Å². The summed E-state index contributed by atoms with van der Waals surface area (Å²) in [4.78, 5) is 21.5. The topological polar surface area (TPSA) is 90.6 Å². The number of hydrogen-bond donors (Lipinski definition) is 1. The van der Waals surface area contributed by atoms with Crippen molar-refractivity contribution in [2.75, 3.05) is 6.54 Å². The minimum absolute atomic E-state index is 0.190. The second kappa shape index (κ2) is 8.03. The maximum atomic E-state index is 12.5. The molecular formula is C21H22N6O. The van der Waals surface area contributed by atoms with E-state index in [2.05, 4.69) is 26.9 Å².